The highest BCUT2D eigenvalue weighted by atomic mass is 16.3. The van der Waals surface area contributed by atoms with Crippen molar-refractivity contribution < 1.29 is 5.11 Å². The van der Waals surface area contributed by atoms with E-state index in [2.05, 4.69) is 0 Å². The lowest BCUT2D eigenvalue weighted by molar-refractivity contribution is 0.299. The Morgan fingerprint density at radius 1 is 1.80 bits per heavy atom. The van der Waals surface area contributed by atoms with Crippen molar-refractivity contribution in [1.29, 1.82) is 0 Å². The lowest BCUT2D eigenvalue weighted by Gasteiger charge is -1.67. The largest absolute Gasteiger partial charge is 0.296 e. The Morgan fingerprint density at radius 3 is 2.00 bits per heavy atom. The summed E-state index contributed by atoms with van der Waals surface area (Å²) in [6, 6.07) is 0. The van der Waals surface area contributed by atoms with E-state index in [9.17, 15) is 5.11 Å². The summed E-state index contributed by atoms with van der Waals surface area (Å²) in [5.74, 6) is 0.130. The van der Waals surface area contributed by atoms with Crippen molar-refractivity contribution in [1.82, 2.24) is 0 Å². The molecule has 0 unspecified atom stereocenters. The van der Waals surface area contributed by atoms with Crippen molar-refractivity contribution in [2.45, 2.75) is 13.8 Å². The molecule has 0 bridgehead atoms. The van der Waals surface area contributed by atoms with Crippen LogP contribution in [0.5, 0.6) is 0 Å². The molecule has 0 atom stereocenters. The van der Waals surface area contributed by atoms with Gasteiger partial charge in [0.2, 0.25) is 0 Å². The van der Waals surface area contributed by atoms with E-state index in [0.717, 1.165) is 0 Å². The number of hydrogen-bond donors (Lipinski definition) is 0. The van der Waals surface area contributed by atoms with Crippen LogP contribution in [0.25, 0.3) is 0 Å². The molecule has 0 aromatic heterocycles. The van der Waals surface area contributed by atoms with Crippen LogP contribution >= 0.6 is 0 Å². The summed E-state index contributed by atoms with van der Waals surface area (Å²) in [4.78, 5) is 0. The molecule has 1 heteroatoms. The molecule has 0 N–H and O–H groups in total. The van der Waals surface area contributed by atoms with Crippen molar-refractivity contribution in [2.24, 2.45) is 0 Å². The van der Waals surface area contributed by atoms with E-state index in [-0.39, 0.29) is 5.76 Å². The quantitative estimate of drug-likeness (QED) is 0.384. The summed E-state index contributed by atoms with van der Waals surface area (Å²) in [6.45, 7) is 3.25. The molecular weight excluding hydrogens is 64.0 g/mol. The molecule has 0 fully saturated rings. The van der Waals surface area contributed by atoms with Crippen LogP contribution in [-0.2, 0) is 5.11 Å². The Morgan fingerprint density at radius 2 is 2.00 bits per heavy atom. The minimum Gasteiger partial charge on any atom is -0.296 e. The molecule has 1 radical (unpaired) electrons. The van der Waals surface area contributed by atoms with Crippen LogP contribution in [0.2, 0.25) is 0 Å². The highest BCUT2D eigenvalue weighted by molar-refractivity contribution is 4.79. The second-order valence-electron chi connectivity index (χ2n) is 0.899. The Balaban J connectivity index is 3.14. The van der Waals surface area contributed by atoms with Crippen molar-refractivity contribution in [2.75, 3.05) is 0 Å². The second kappa shape index (κ2) is 1.82. The molecule has 0 heterocycles. The van der Waals surface area contributed by atoms with Crippen LogP contribution in [0.3, 0.4) is 0 Å². The van der Waals surface area contributed by atoms with E-state index < -0.39 is 0 Å². The van der Waals surface area contributed by atoms with Crippen LogP contribution in [0, 0.1) is 0 Å². The average Bonchev–Trinajstić information content (AvgIpc) is 1.38. The Bertz CT molecular complexity index is 41.6. The van der Waals surface area contributed by atoms with Gasteiger partial charge >= 0.3 is 0 Å². The second-order valence-corrected chi connectivity index (χ2v) is 0.899. The summed E-state index contributed by atoms with van der Waals surface area (Å²) in [6.07, 6.45) is 1.53. The summed E-state index contributed by atoms with van der Waals surface area (Å²) >= 11 is 0. The number of rotatable bonds is 0. The van der Waals surface area contributed by atoms with Gasteiger partial charge in [0.25, 0.3) is 0 Å². The normalized spacial score (nSPS) is 12.0. The molecule has 1 nitrogen and oxygen atoms in total. The average molecular weight is 71.1 g/mol. The molecular formula is C4H7O. The van der Waals surface area contributed by atoms with E-state index >= 15 is 0 Å². The van der Waals surface area contributed by atoms with Gasteiger partial charge in [0.15, 0.2) is 0 Å². The maximum absolute atomic E-state index is 9.76. The Labute approximate surface area is 31.9 Å². The van der Waals surface area contributed by atoms with Crippen LogP contribution < -0.4 is 0 Å². The third kappa shape index (κ3) is 3.54. The van der Waals surface area contributed by atoms with E-state index in [1.807, 2.05) is 0 Å². The first kappa shape index (κ1) is 4.54. The van der Waals surface area contributed by atoms with Gasteiger partial charge < -0.3 is 0 Å². The maximum Gasteiger partial charge on any atom is 0.148 e. The zero-order valence-electron chi connectivity index (χ0n) is 3.49. The molecule has 0 aliphatic carbocycles. The molecule has 5 heavy (non-hydrogen) atoms. The van der Waals surface area contributed by atoms with E-state index in [4.69, 9.17) is 0 Å². The summed E-state index contributed by atoms with van der Waals surface area (Å²) in [5.41, 5.74) is 0. The molecule has 29 valence electrons. The van der Waals surface area contributed by atoms with E-state index in [1.54, 1.807) is 6.92 Å². The first-order valence-electron chi connectivity index (χ1n) is 1.57. The van der Waals surface area contributed by atoms with Gasteiger partial charge in [-0.25, -0.2) is 0 Å². The predicted molar refractivity (Wildman–Crippen MR) is 20.1 cm³/mol. The van der Waals surface area contributed by atoms with Crippen LogP contribution in [0.15, 0.2) is 11.8 Å². The third-order valence-electron chi connectivity index (χ3n) is 0.407. The van der Waals surface area contributed by atoms with Crippen LogP contribution in [0.1, 0.15) is 13.8 Å². The predicted octanol–water partition coefficient (Wildman–Crippen LogP) is 1.34. The number of hydrogen-bond acceptors (Lipinski definition) is 0. The summed E-state index contributed by atoms with van der Waals surface area (Å²) < 4.78 is 0. The minimum absolute atomic E-state index is 0.130. The first-order valence-corrected chi connectivity index (χ1v) is 1.57. The van der Waals surface area contributed by atoms with Gasteiger partial charge in [0, 0.05) is 0 Å². The van der Waals surface area contributed by atoms with Gasteiger partial charge in [-0.3, -0.25) is 5.11 Å². The molecule has 0 saturated heterocycles. The van der Waals surface area contributed by atoms with Crippen molar-refractivity contribution in [3.8, 4) is 0 Å². The molecule has 0 rings (SSSR count). The standard InChI is InChI=1S/C4H7O/c1-3-4(2)5/h3H,1-2H3/b4-3-. The molecule has 0 spiro atoms. The zero-order chi connectivity index (χ0) is 4.28. The van der Waals surface area contributed by atoms with E-state index in [1.165, 1.54) is 13.0 Å². The fraction of sp³-hybridized carbons (Fsp3) is 0.500. The highest BCUT2D eigenvalue weighted by Crippen LogP contribution is 1.78. The van der Waals surface area contributed by atoms with Crippen molar-refractivity contribution >= 4 is 0 Å². The van der Waals surface area contributed by atoms with Gasteiger partial charge in [-0.1, -0.05) is 0 Å². The fourth-order valence-electron chi connectivity index (χ4n) is 0. The SMILES string of the molecule is C/C=C(/C)[O]. The van der Waals surface area contributed by atoms with Crippen molar-refractivity contribution in [3.63, 3.8) is 0 Å². The molecule has 0 saturated carbocycles. The van der Waals surface area contributed by atoms with Gasteiger partial charge in [-0.2, -0.15) is 0 Å². The molecule has 0 aromatic rings. The smallest absolute Gasteiger partial charge is 0.148 e. The zero-order valence-corrected chi connectivity index (χ0v) is 3.49. The lowest BCUT2D eigenvalue weighted by Crippen LogP contribution is -1.56. The van der Waals surface area contributed by atoms with Crippen LogP contribution in [-0.4, -0.2) is 0 Å². The molecule has 0 amide bonds. The first-order chi connectivity index (χ1) is 2.27. The monoisotopic (exact) mass is 71.0 g/mol. The molecule has 0 aliphatic rings. The van der Waals surface area contributed by atoms with Crippen LogP contribution in [0.4, 0.5) is 0 Å². The third-order valence-corrected chi connectivity index (χ3v) is 0.407. The van der Waals surface area contributed by atoms with Gasteiger partial charge in [0.1, 0.15) is 5.76 Å². The van der Waals surface area contributed by atoms with Gasteiger partial charge in [-0.15, -0.1) is 0 Å². The Hall–Kier alpha value is -0.460. The number of allylic oxidation sites excluding steroid dienone is 2. The summed E-state index contributed by atoms with van der Waals surface area (Å²) in [5, 5.41) is 9.76. The fourth-order valence-corrected chi connectivity index (χ4v) is 0. The Kier molecular flexibility index (Phi) is 1.65. The topological polar surface area (TPSA) is 19.9 Å². The van der Waals surface area contributed by atoms with Crippen molar-refractivity contribution in [3.05, 3.63) is 11.8 Å². The van der Waals surface area contributed by atoms with Gasteiger partial charge in [-0.05, 0) is 19.9 Å². The van der Waals surface area contributed by atoms with E-state index in [0.29, 0.717) is 0 Å². The maximum atomic E-state index is 9.76. The highest BCUT2D eigenvalue weighted by Gasteiger charge is 1.68. The molecule has 0 aromatic carbocycles. The van der Waals surface area contributed by atoms with Gasteiger partial charge in [0.05, 0.1) is 0 Å². The summed E-state index contributed by atoms with van der Waals surface area (Å²) in [7, 11) is 0. The molecule has 0 aliphatic heterocycles. The lowest BCUT2D eigenvalue weighted by atomic mass is 10.5. The minimum atomic E-state index is 0.130.